The molecule has 0 amide bonds. The summed E-state index contributed by atoms with van der Waals surface area (Å²) in [5.41, 5.74) is 4.38. The van der Waals surface area contributed by atoms with Gasteiger partial charge in [0, 0.05) is 0 Å². The average molecular weight is 231 g/mol. The van der Waals surface area contributed by atoms with E-state index in [1.54, 1.807) is 5.56 Å². The van der Waals surface area contributed by atoms with Crippen molar-refractivity contribution < 1.29 is 0 Å². The van der Waals surface area contributed by atoms with Gasteiger partial charge in [0.2, 0.25) is 0 Å². The molecule has 1 nitrogen and oxygen atoms in total. The Morgan fingerprint density at radius 3 is 2.88 bits per heavy atom. The van der Waals surface area contributed by atoms with Crippen LogP contribution in [0.25, 0.3) is 0 Å². The Morgan fingerprint density at radius 2 is 2.18 bits per heavy atom. The van der Waals surface area contributed by atoms with Crippen LogP contribution in [0.1, 0.15) is 42.4 Å². The lowest BCUT2D eigenvalue weighted by molar-refractivity contribution is 0.351. The SMILES string of the molecule is Cc1ccc(CCCC2CCCNC2)c(C)c1. The first-order chi connectivity index (χ1) is 8.25. The number of hydrogen-bond acceptors (Lipinski definition) is 1. The molecule has 1 aromatic rings. The van der Waals surface area contributed by atoms with Gasteiger partial charge in [-0.15, -0.1) is 0 Å². The molecule has 1 aliphatic rings. The molecule has 1 aromatic carbocycles. The van der Waals surface area contributed by atoms with E-state index in [2.05, 4.69) is 37.4 Å². The van der Waals surface area contributed by atoms with Crippen LogP contribution in [0.3, 0.4) is 0 Å². The molecule has 1 fully saturated rings. The van der Waals surface area contributed by atoms with E-state index in [1.165, 1.54) is 56.3 Å². The predicted molar refractivity (Wildman–Crippen MR) is 74.4 cm³/mol. The molecular weight excluding hydrogens is 206 g/mol. The fourth-order valence-electron chi connectivity index (χ4n) is 2.88. The van der Waals surface area contributed by atoms with Gasteiger partial charge in [-0.1, -0.05) is 23.8 Å². The number of piperidine rings is 1. The van der Waals surface area contributed by atoms with Crippen LogP contribution >= 0.6 is 0 Å². The van der Waals surface area contributed by atoms with E-state index in [0.717, 1.165) is 5.92 Å². The molecule has 0 bridgehead atoms. The molecule has 1 heteroatoms. The van der Waals surface area contributed by atoms with E-state index in [-0.39, 0.29) is 0 Å². The molecule has 0 aliphatic carbocycles. The van der Waals surface area contributed by atoms with Gasteiger partial charge in [-0.25, -0.2) is 0 Å². The Morgan fingerprint density at radius 1 is 1.29 bits per heavy atom. The summed E-state index contributed by atoms with van der Waals surface area (Å²) in [5.74, 6) is 0.925. The highest BCUT2D eigenvalue weighted by Gasteiger charge is 2.12. The summed E-state index contributed by atoms with van der Waals surface area (Å²) in [6.07, 6.45) is 6.79. The molecular formula is C16H25N. The highest BCUT2D eigenvalue weighted by atomic mass is 14.9. The Kier molecular flexibility index (Phi) is 4.61. The smallest absolute Gasteiger partial charge is 0.00205 e. The van der Waals surface area contributed by atoms with E-state index in [0.29, 0.717) is 0 Å². The summed E-state index contributed by atoms with van der Waals surface area (Å²) in [6, 6.07) is 6.85. The van der Waals surface area contributed by atoms with Gasteiger partial charge in [-0.3, -0.25) is 0 Å². The maximum absolute atomic E-state index is 3.50. The molecule has 1 heterocycles. The highest BCUT2D eigenvalue weighted by Crippen LogP contribution is 2.19. The quantitative estimate of drug-likeness (QED) is 0.834. The second kappa shape index (κ2) is 6.20. The van der Waals surface area contributed by atoms with Crippen LogP contribution in [-0.2, 0) is 6.42 Å². The third-order valence-electron chi connectivity index (χ3n) is 3.96. The van der Waals surface area contributed by atoms with Crippen LogP contribution in [0, 0.1) is 19.8 Å². The van der Waals surface area contributed by atoms with Crippen LogP contribution in [0.5, 0.6) is 0 Å². The summed E-state index contributed by atoms with van der Waals surface area (Å²) in [5, 5.41) is 3.50. The molecule has 1 N–H and O–H groups in total. The zero-order valence-corrected chi connectivity index (χ0v) is 11.3. The van der Waals surface area contributed by atoms with Gasteiger partial charge in [0.05, 0.1) is 0 Å². The van der Waals surface area contributed by atoms with Crippen molar-refractivity contribution in [1.29, 1.82) is 0 Å². The molecule has 17 heavy (non-hydrogen) atoms. The Labute approximate surface area is 106 Å². The van der Waals surface area contributed by atoms with Gasteiger partial charge in [0.15, 0.2) is 0 Å². The van der Waals surface area contributed by atoms with Crippen LogP contribution in [-0.4, -0.2) is 13.1 Å². The lowest BCUT2D eigenvalue weighted by Gasteiger charge is -2.22. The Balaban J connectivity index is 1.77. The van der Waals surface area contributed by atoms with E-state index >= 15 is 0 Å². The lowest BCUT2D eigenvalue weighted by Crippen LogP contribution is -2.29. The van der Waals surface area contributed by atoms with Crippen LogP contribution in [0.4, 0.5) is 0 Å². The zero-order chi connectivity index (χ0) is 12.1. The number of benzene rings is 1. The van der Waals surface area contributed by atoms with E-state index < -0.39 is 0 Å². The molecule has 1 unspecified atom stereocenters. The molecule has 1 saturated heterocycles. The van der Waals surface area contributed by atoms with Gasteiger partial charge in [-0.2, -0.15) is 0 Å². The van der Waals surface area contributed by atoms with Crippen LogP contribution in [0.2, 0.25) is 0 Å². The molecule has 0 spiro atoms. The van der Waals surface area contributed by atoms with Crippen molar-refractivity contribution in [2.45, 2.75) is 46.0 Å². The third-order valence-corrected chi connectivity index (χ3v) is 3.96. The van der Waals surface area contributed by atoms with Crippen LogP contribution in [0.15, 0.2) is 18.2 Å². The molecule has 0 saturated carbocycles. The Bertz CT molecular complexity index is 351. The van der Waals surface area contributed by atoms with Crippen molar-refractivity contribution in [2.75, 3.05) is 13.1 Å². The van der Waals surface area contributed by atoms with Crippen LogP contribution < -0.4 is 5.32 Å². The lowest BCUT2D eigenvalue weighted by atomic mass is 9.92. The monoisotopic (exact) mass is 231 g/mol. The fraction of sp³-hybridized carbons (Fsp3) is 0.625. The maximum Gasteiger partial charge on any atom is -0.00205 e. The molecule has 0 radical (unpaired) electrons. The molecule has 0 aromatic heterocycles. The first-order valence-corrected chi connectivity index (χ1v) is 7.02. The van der Waals surface area contributed by atoms with Crippen molar-refractivity contribution >= 4 is 0 Å². The standard InChI is InChI=1S/C16H25N/c1-13-8-9-16(14(2)11-13)7-3-5-15-6-4-10-17-12-15/h8-9,11,15,17H,3-7,10,12H2,1-2H3. The molecule has 94 valence electrons. The average Bonchev–Trinajstić information content (AvgIpc) is 2.33. The van der Waals surface area contributed by atoms with E-state index in [4.69, 9.17) is 0 Å². The minimum Gasteiger partial charge on any atom is -0.316 e. The van der Waals surface area contributed by atoms with Crippen molar-refractivity contribution in [3.05, 3.63) is 34.9 Å². The minimum atomic E-state index is 0.925. The number of rotatable bonds is 4. The van der Waals surface area contributed by atoms with Crippen molar-refractivity contribution in [2.24, 2.45) is 5.92 Å². The minimum absolute atomic E-state index is 0.925. The van der Waals surface area contributed by atoms with Crippen molar-refractivity contribution in [3.63, 3.8) is 0 Å². The summed E-state index contributed by atoms with van der Waals surface area (Å²) >= 11 is 0. The molecule has 1 aliphatic heterocycles. The summed E-state index contributed by atoms with van der Waals surface area (Å²) < 4.78 is 0. The first-order valence-electron chi connectivity index (χ1n) is 7.02. The van der Waals surface area contributed by atoms with Crippen molar-refractivity contribution in [1.82, 2.24) is 5.32 Å². The van der Waals surface area contributed by atoms with Gasteiger partial charge in [-0.05, 0) is 76.1 Å². The number of hydrogen-bond donors (Lipinski definition) is 1. The fourth-order valence-corrected chi connectivity index (χ4v) is 2.88. The molecule has 1 atom stereocenters. The van der Waals surface area contributed by atoms with E-state index in [1.807, 2.05) is 0 Å². The second-order valence-corrected chi connectivity index (χ2v) is 5.53. The number of aryl methyl sites for hydroxylation is 3. The first kappa shape index (κ1) is 12.6. The second-order valence-electron chi connectivity index (χ2n) is 5.53. The number of nitrogens with one attached hydrogen (secondary N) is 1. The zero-order valence-electron chi connectivity index (χ0n) is 11.3. The summed E-state index contributed by atoms with van der Waals surface area (Å²) in [7, 11) is 0. The topological polar surface area (TPSA) is 12.0 Å². The normalized spacial score (nSPS) is 20.5. The predicted octanol–water partition coefficient (Wildman–Crippen LogP) is 3.63. The third kappa shape index (κ3) is 3.85. The van der Waals surface area contributed by atoms with Gasteiger partial charge < -0.3 is 5.32 Å². The largest absolute Gasteiger partial charge is 0.316 e. The summed E-state index contributed by atoms with van der Waals surface area (Å²) in [4.78, 5) is 0. The molecule has 2 rings (SSSR count). The highest BCUT2D eigenvalue weighted by molar-refractivity contribution is 5.30. The van der Waals surface area contributed by atoms with E-state index in [9.17, 15) is 0 Å². The van der Waals surface area contributed by atoms with Crippen molar-refractivity contribution in [3.8, 4) is 0 Å². The summed E-state index contributed by atoms with van der Waals surface area (Å²) in [6.45, 7) is 6.88. The van der Waals surface area contributed by atoms with Gasteiger partial charge in [0.1, 0.15) is 0 Å². The van der Waals surface area contributed by atoms with Gasteiger partial charge in [0.25, 0.3) is 0 Å². The maximum atomic E-state index is 3.50. The van der Waals surface area contributed by atoms with Gasteiger partial charge >= 0.3 is 0 Å². The Hall–Kier alpha value is -0.820.